The summed E-state index contributed by atoms with van der Waals surface area (Å²) in [7, 11) is 0. The van der Waals surface area contributed by atoms with Gasteiger partial charge in [0.15, 0.2) is 0 Å². The van der Waals surface area contributed by atoms with Crippen LogP contribution in [0.25, 0.3) is 0 Å². The molecule has 1 heterocycles. The number of carbonyl (C=O) groups is 1. The van der Waals surface area contributed by atoms with Crippen molar-refractivity contribution in [2.45, 2.75) is 32.2 Å². The number of aromatic nitrogens is 2. The van der Waals surface area contributed by atoms with Gasteiger partial charge in [0.1, 0.15) is 5.41 Å². The van der Waals surface area contributed by atoms with Gasteiger partial charge in [0.2, 0.25) is 5.91 Å². The molecule has 88 valence electrons. The van der Waals surface area contributed by atoms with Crippen LogP contribution in [0.2, 0.25) is 0 Å². The molecule has 2 rings (SSSR count). The second-order valence-electron chi connectivity index (χ2n) is 4.30. The van der Waals surface area contributed by atoms with E-state index in [0.717, 1.165) is 12.8 Å². The number of carbonyl (C=O) groups excluding carboxylic acids is 1. The Morgan fingerprint density at radius 1 is 1.53 bits per heavy atom. The Balaban J connectivity index is 1.96. The molecule has 1 aromatic rings. The minimum Gasteiger partial charge on any atom is -0.349 e. The maximum atomic E-state index is 12.0. The van der Waals surface area contributed by atoms with Crippen molar-refractivity contribution in [3.8, 4) is 6.07 Å². The van der Waals surface area contributed by atoms with E-state index in [1.165, 1.54) is 0 Å². The topological polar surface area (TPSA) is 78.7 Å². The molecule has 5 nitrogen and oxygen atoms in total. The van der Waals surface area contributed by atoms with Gasteiger partial charge in [-0.3, -0.25) is 4.79 Å². The molecular weight excluding hydrogens is 216 g/mol. The van der Waals surface area contributed by atoms with Crippen LogP contribution in [0, 0.1) is 16.7 Å². The van der Waals surface area contributed by atoms with E-state index < -0.39 is 5.41 Å². The summed E-state index contributed by atoms with van der Waals surface area (Å²) in [5.41, 5.74) is -0.116. The zero-order valence-corrected chi connectivity index (χ0v) is 9.52. The van der Waals surface area contributed by atoms with Gasteiger partial charge in [-0.05, 0) is 25.0 Å². The summed E-state index contributed by atoms with van der Waals surface area (Å²) in [4.78, 5) is 12.0. The molecule has 17 heavy (non-hydrogen) atoms. The second-order valence-corrected chi connectivity index (χ2v) is 4.30. The number of amides is 1. The molecule has 0 bridgehead atoms. The van der Waals surface area contributed by atoms with E-state index in [4.69, 9.17) is 5.26 Å². The van der Waals surface area contributed by atoms with Gasteiger partial charge in [-0.25, -0.2) is 0 Å². The molecule has 0 spiro atoms. The third-order valence-electron chi connectivity index (χ3n) is 3.16. The zero-order valence-electron chi connectivity index (χ0n) is 9.52. The summed E-state index contributed by atoms with van der Waals surface area (Å²) in [5.74, 6) is -0.178. The van der Waals surface area contributed by atoms with Crippen LogP contribution in [-0.4, -0.2) is 16.1 Å². The number of rotatable bonds is 3. The van der Waals surface area contributed by atoms with E-state index in [1.807, 2.05) is 0 Å². The van der Waals surface area contributed by atoms with Crippen molar-refractivity contribution in [1.29, 1.82) is 5.26 Å². The van der Waals surface area contributed by atoms with Gasteiger partial charge in [0, 0.05) is 6.20 Å². The zero-order chi connectivity index (χ0) is 12.1. The molecule has 1 aliphatic carbocycles. The van der Waals surface area contributed by atoms with E-state index in [9.17, 15) is 4.79 Å². The SMILES string of the molecule is N#CC1(C(=O)NCc2cccnn2)CCCC1. The Morgan fingerprint density at radius 3 is 2.88 bits per heavy atom. The fraction of sp³-hybridized carbons (Fsp3) is 0.500. The Bertz CT molecular complexity index is 432. The molecule has 0 radical (unpaired) electrons. The Morgan fingerprint density at radius 2 is 2.29 bits per heavy atom. The van der Waals surface area contributed by atoms with Crippen molar-refractivity contribution >= 4 is 5.91 Å². The van der Waals surface area contributed by atoms with Crippen LogP contribution in [0.15, 0.2) is 18.3 Å². The average molecular weight is 230 g/mol. The summed E-state index contributed by atoms with van der Waals surface area (Å²) in [6.07, 6.45) is 4.81. The molecule has 0 aromatic carbocycles. The van der Waals surface area contributed by atoms with Gasteiger partial charge >= 0.3 is 0 Å². The molecule has 0 aliphatic heterocycles. The highest BCUT2D eigenvalue weighted by Crippen LogP contribution is 2.37. The molecule has 1 saturated carbocycles. The molecule has 1 N–H and O–H groups in total. The molecule has 5 heteroatoms. The number of hydrogen-bond acceptors (Lipinski definition) is 4. The molecule has 0 unspecified atom stereocenters. The normalized spacial score (nSPS) is 17.4. The predicted octanol–water partition coefficient (Wildman–Crippen LogP) is 1.18. The van der Waals surface area contributed by atoms with Crippen LogP contribution in [0.4, 0.5) is 0 Å². The van der Waals surface area contributed by atoms with E-state index in [2.05, 4.69) is 21.6 Å². The highest BCUT2D eigenvalue weighted by atomic mass is 16.2. The van der Waals surface area contributed by atoms with Crippen molar-refractivity contribution in [2.24, 2.45) is 5.41 Å². The van der Waals surface area contributed by atoms with Gasteiger partial charge in [-0.15, -0.1) is 0 Å². The first-order chi connectivity index (χ1) is 8.27. The lowest BCUT2D eigenvalue weighted by molar-refractivity contribution is -0.128. The van der Waals surface area contributed by atoms with Gasteiger partial charge in [-0.2, -0.15) is 15.5 Å². The summed E-state index contributed by atoms with van der Waals surface area (Å²) >= 11 is 0. The van der Waals surface area contributed by atoms with E-state index in [1.54, 1.807) is 18.3 Å². The Labute approximate surface area is 99.9 Å². The van der Waals surface area contributed by atoms with Crippen molar-refractivity contribution in [1.82, 2.24) is 15.5 Å². The minimum atomic E-state index is -0.817. The van der Waals surface area contributed by atoms with Gasteiger partial charge in [0.05, 0.1) is 18.3 Å². The van der Waals surface area contributed by atoms with E-state index in [0.29, 0.717) is 25.1 Å². The highest BCUT2D eigenvalue weighted by molar-refractivity contribution is 5.85. The lowest BCUT2D eigenvalue weighted by Crippen LogP contribution is -2.38. The van der Waals surface area contributed by atoms with Crippen LogP contribution in [0.3, 0.4) is 0 Å². The molecule has 1 fully saturated rings. The van der Waals surface area contributed by atoms with Crippen LogP contribution in [-0.2, 0) is 11.3 Å². The first-order valence-corrected chi connectivity index (χ1v) is 5.73. The largest absolute Gasteiger partial charge is 0.349 e. The lowest BCUT2D eigenvalue weighted by atomic mass is 9.87. The smallest absolute Gasteiger partial charge is 0.240 e. The van der Waals surface area contributed by atoms with Crippen molar-refractivity contribution < 1.29 is 4.79 Å². The van der Waals surface area contributed by atoms with Crippen molar-refractivity contribution in [2.75, 3.05) is 0 Å². The number of nitrogens with one attached hydrogen (secondary N) is 1. The fourth-order valence-electron chi connectivity index (χ4n) is 2.14. The maximum Gasteiger partial charge on any atom is 0.240 e. The minimum absolute atomic E-state index is 0.178. The third-order valence-corrected chi connectivity index (χ3v) is 3.16. The van der Waals surface area contributed by atoms with Gasteiger partial charge < -0.3 is 5.32 Å². The average Bonchev–Trinajstić information content (AvgIpc) is 2.87. The van der Waals surface area contributed by atoms with Crippen LogP contribution >= 0.6 is 0 Å². The van der Waals surface area contributed by atoms with Crippen molar-refractivity contribution in [3.05, 3.63) is 24.0 Å². The Hall–Kier alpha value is -1.96. The molecular formula is C12H14N4O. The van der Waals surface area contributed by atoms with Crippen molar-refractivity contribution in [3.63, 3.8) is 0 Å². The van der Waals surface area contributed by atoms with Gasteiger partial charge in [0.25, 0.3) is 0 Å². The predicted molar refractivity (Wildman–Crippen MR) is 60.4 cm³/mol. The fourth-order valence-corrected chi connectivity index (χ4v) is 2.14. The summed E-state index contributed by atoms with van der Waals surface area (Å²) in [6.45, 7) is 0.329. The summed E-state index contributed by atoms with van der Waals surface area (Å²) < 4.78 is 0. The summed E-state index contributed by atoms with van der Waals surface area (Å²) in [5, 5.41) is 19.5. The molecule has 1 aliphatic rings. The summed E-state index contributed by atoms with van der Waals surface area (Å²) in [6, 6.07) is 5.73. The quantitative estimate of drug-likeness (QED) is 0.845. The molecule has 1 aromatic heterocycles. The second kappa shape index (κ2) is 4.91. The Kier molecular flexibility index (Phi) is 3.33. The van der Waals surface area contributed by atoms with Crippen LogP contribution in [0.5, 0.6) is 0 Å². The van der Waals surface area contributed by atoms with E-state index in [-0.39, 0.29) is 5.91 Å². The van der Waals surface area contributed by atoms with Crippen LogP contribution < -0.4 is 5.32 Å². The first kappa shape index (κ1) is 11.5. The third kappa shape index (κ3) is 2.41. The first-order valence-electron chi connectivity index (χ1n) is 5.73. The van der Waals surface area contributed by atoms with Gasteiger partial charge in [-0.1, -0.05) is 12.8 Å². The number of hydrogen-bond donors (Lipinski definition) is 1. The highest BCUT2D eigenvalue weighted by Gasteiger charge is 2.41. The standard InChI is InChI=1S/C12H14N4O/c13-9-12(5-1-2-6-12)11(17)14-8-10-4-3-7-15-16-10/h3-4,7H,1-2,5-6,8H2,(H,14,17). The molecule has 0 saturated heterocycles. The maximum absolute atomic E-state index is 12.0. The van der Waals surface area contributed by atoms with E-state index >= 15 is 0 Å². The molecule has 1 amide bonds. The number of nitriles is 1. The monoisotopic (exact) mass is 230 g/mol. The number of nitrogens with zero attached hydrogens (tertiary/aromatic N) is 3. The molecule has 0 atom stereocenters. The lowest BCUT2D eigenvalue weighted by Gasteiger charge is -2.18. The van der Waals surface area contributed by atoms with Crippen LogP contribution in [0.1, 0.15) is 31.4 Å².